The highest BCUT2D eigenvalue weighted by atomic mass is 16.4. The number of hydrogen-bond acceptors (Lipinski definition) is 6. The van der Waals surface area contributed by atoms with Crippen LogP contribution in [-0.2, 0) is 16.1 Å². The molecule has 10 heteroatoms. The molecule has 1 heterocycles. The molecular weight excluding hydrogens is 370 g/mol. The topological polar surface area (TPSA) is 153 Å². The zero-order valence-electron chi connectivity index (χ0n) is 16.1. The fourth-order valence-electron chi connectivity index (χ4n) is 3.52. The largest absolute Gasteiger partial charge is 0.481 e. The number of amides is 1. The number of rotatable bonds is 7. The molecule has 1 aromatic heterocycles. The molecule has 0 aromatic carbocycles. The van der Waals surface area contributed by atoms with Crippen LogP contribution in [0.25, 0.3) is 0 Å². The Hall–Kier alpha value is -2.46. The number of carbonyl (C=O) groups is 2. The Balaban J connectivity index is 2.01. The van der Waals surface area contributed by atoms with E-state index in [0.29, 0.717) is 12.0 Å². The maximum Gasteiger partial charge on any atom is 0.328 e. The first-order valence-electron chi connectivity index (χ1n) is 9.22. The summed E-state index contributed by atoms with van der Waals surface area (Å²) in [5, 5.41) is 30.0. The molecule has 0 aliphatic heterocycles. The molecule has 0 saturated heterocycles. The third-order valence-corrected chi connectivity index (χ3v) is 5.38. The van der Waals surface area contributed by atoms with E-state index < -0.39 is 28.9 Å². The average molecular weight is 397 g/mol. The normalized spacial score (nSPS) is 24.7. The van der Waals surface area contributed by atoms with Crippen molar-refractivity contribution in [3.63, 3.8) is 0 Å². The maximum absolute atomic E-state index is 12.2. The van der Waals surface area contributed by atoms with Gasteiger partial charge in [-0.05, 0) is 32.6 Å². The third kappa shape index (κ3) is 5.08. The first-order chi connectivity index (χ1) is 13.0. The lowest BCUT2D eigenvalue weighted by Gasteiger charge is -2.43. The van der Waals surface area contributed by atoms with Gasteiger partial charge in [-0.1, -0.05) is 0 Å². The van der Waals surface area contributed by atoms with Crippen LogP contribution in [0.2, 0.25) is 0 Å². The molecule has 2 rings (SSSR count). The number of aryl methyl sites for hydroxylation is 1. The van der Waals surface area contributed by atoms with Crippen molar-refractivity contribution < 1.29 is 24.9 Å². The molecule has 10 nitrogen and oxygen atoms in total. The fourth-order valence-corrected chi connectivity index (χ4v) is 3.52. The van der Waals surface area contributed by atoms with E-state index in [4.69, 9.17) is 5.11 Å². The number of aliphatic carboxylic acids is 1. The van der Waals surface area contributed by atoms with E-state index in [9.17, 15) is 29.4 Å². The van der Waals surface area contributed by atoms with E-state index >= 15 is 0 Å². The van der Waals surface area contributed by atoms with E-state index in [1.165, 1.54) is 22.6 Å². The molecule has 0 unspecified atom stereocenters. The second kappa shape index (κ2) is 8.70. The van der Waals surface area contributed by atoms with Gasteiger partial charge in [-0.15, -0.1) is 0 Å². The number of nitrogens with one attached hydrogen (secondary N) is 1. The maximum atomic E-state index is 12.2. The molecule has 1 aliphatic carbocycles. The Labute approximate surface area is 161 Å². The van der Waals surface area contributed by atoms with Crippen molar-refractivity contribution in [1.82, 2.24) is 14.5 Å². The second-order valence-electron chi connectivity index (χ2n) is 7.50. The molecule has 1 saturated carbocycles. The standard InChI is InChI=1S/C18H27N3O7/c1-11-9-21(17(27)19-16(11)26)10-18(28)7-6-12(8-13(18)22)20(2)14(23)4-3-5-15(24)25/h9,12-13,22,28H,3-8,10H2,1-2H3,(H,24,25)(H,19,26,27)/t12-,13+,18+/m0/s1. The Morgan fingerprint density at radius 2 is 2.04 bits per heavy atom. The van der Waals surface area contributed by atoms with Crippen LogP contribution in [0.1, 0.15) is 44.1 Å². The van der Waals surface area contributed by atoms with Crippen LogP contribution >= 0.6 is 0 Å². The van der Waals surface area contributed by atoms with Gasteiger partial charge in [0.2, 0.25) is 5.91 Å². The molecule has 1 fully saturated rings. The molecule has 4 N–H and O–H groups in total. The zero-order chi connectivity index (χ0) is 21.1. The summed E-state index contributed by atoms with van der Waals surface area (Å²) >= 11 is 0. The van der Waals surface area contributed by atoms with E-state index in [1.807, 2.05) is 0 Å². The smallest absolute Gasteiger partial charge is 0.328 e. The van der Waals surface area contributed by atoms with Crippen LogP contribution in [-0.4, -0.2) is 66.4 Å². The number of hydrogen-bond donors (Lipinski definition) is 4. The summed E-state index contributed by atoms with van der Waals surface area (Å²) < 4.78 is 1.17. The van der Waals surface area contributed by atoms with Crippen molar-refractivity contribution in [3.8, 4) is 0 Å². The van der Waals surface area contributed by atoms with Gasteiger partial charge in [-0.25, -0.2) is 4.79 Å². The number of aliphatic hydroxyl groups excluding tert-OH is 1. The predicted molar refractivity (Wildman–Crippen MR) is 98.9 cm³/mol. The van der Waals surface area contributed by atoms with Gasteiger partial charge in [-0.2, -0.15) is 0 Å². The number of H-pyrrole nitrogens is 1. The van der Waals surface area contributed by atoms with E-state index in [1.54, 1.807) is 7.05 Å². The lowest BCUT2D eigenvalue weighted by Crippen LogP contribution is -2.55. The van der Waals surface area contributed by atoms with Crippen molar-refractivity contribution in [2.75, 3.05) is 7.05 Å². The summed E-state index contributed by atoms with van der Waals surface area (Å²) in [6.45, 7) is 1.37. The lowest BCUT2D eigenvalue weighted by molar-refractivity contribution is -0.144. The molecule has 156 valence electrons. The Kier molecular flexibility index (Phi) is 6.78. The number of nitrogens with zero attached hydrogens (tertiary/aromatic N) is 2. The quantitative estimate of drug-likeness (QED) is 0.470. The highest BCUT2D eigenvalue weighted by molar-refractivity contribution is 5.77. The van der Waals surface area contributed by atoms with Crippen LogP contribution in [0.4, 0.5) is 0 Å². The zero-order valence-corrected chi connectivity index (χ0v) is 16.1. The molecule has 3 atom stereocenters. The number of carbonyl (C=O) groups excluding carboxylic acids is 1. The minimum absolute atomic E-state index is 0.0834. The monoisotopic (exact) mass is 397 g/mol. The van der Waals surface area contributed by atoms with Gasteiger partial charge in [0.1, 0.15) is 5.60 Å². The van der Waals surface area contributed by atoms with Gasteiger partial charge >= 0.3 is 11.7 Å². The summed E-state index contributed by atoms with van der Waals surface area (Å²) in [7, 11) is 1.60. The van der Waals surface area contributed by atoms with Crippen molar-refractivity contribution in [1.29, 1.82) is 0 Å². The van der Waals surface area contributed by atoms with E-state index in [2.05, 4.69) is 4.98 Å². The highest BCUT2D eigenvalue weighted by Crippen LogP contribution is 2.32. The molecule has 0 bridgehead atoms. The average Bonchev–Trinajstić information content (AvgIpc) is 2.61. The summed E-state index contributed by atoms with van der Waals surface area (Å²) in [6, 6.07) is -0.290. The van der Waals surface area contributed by atoms with Gasteiger partial charge < -0.3 is 20.2 Å². The van der Waals surface area contributed by atoms with Crippen LogP contribution < -0.4 is 11.2 Å². The Morgan fingerprint density at radius 1 is 1.36 bits per heavy atom. The Bertz CT molecular complexity index is 846. The molecule has 1 amide bonds. The highest BCUT2D eigenvalue weighted by Gasteiger charge is 2.43. The van der Waals surface area contributed by atoms with Gasteiger partial charge in [0.25, 0.3) is 5.56 Å². The van der Waals surface area contributed by atoms with Gasteiger partial charge in [0, 0.05) is 37.7 Å². The Morgan fingerprint density at radius 3 is 2.64 bits per heavy atom. The SMILES string of the molecule is Cc1cn(C[C@]2(O)CC[C@H](N(C)C(=O)CCCC(=O)O)C[C@H]2O)c(=O)[nH]c1=O. The fraction of sp³-hybridized carbons (Fsp3) is 0.667. The molecule has 28 heavy (non-hydrogen) atoms. The van der Waals surface area contributed by atoms with Crippen LogP contribution in [0, 0.1) is 6.92 Å². The first kappa shape index (κ1) is 21.8. The minimum Gasteiger partial charge on any atom is -0.481 e. The first-order valence-corrected chi connectivity index (χ1v) is 9.22. The number of carboxylic acids is 1. The lowest BCUT2D eigenvalue weighted by atomic mass is 9.79. The van der Waals surface area contributed by atoms with E-state index in [0.717, 1.165) is 0 Å². The molecule has 1 aromatic rings. The third-order valence-electron chi connectivity index (χ3n) is 5.38. The number of aromatic amines is 1. The van der Waals surface area contributed by atoms with Crippen LogP contribution in [0.15, 0.2) is 15.8 Å². The number of aromatic nitrogens is 2. The van der Waals surface area contributed by atoms with Crippen molar-refractivity contribution in [2.24, 2.45) is 0 Å². The van der Waals surface area contributed by atoms with Gasteiger partial charge in [-0.3, -0.25) is 23.9 Å². The summed E-state index contributed by atoms with van der Waals surface area (Å²) in [5.41, 5.74) is -2.40. The van der Waals surface area contributed by atoms with Crippen molar-refractivity contribution in [2.45, 2.75) is 69.7 Å². The summed E-state index contributed by atoms with van der Waals surface area (Å²) in [5.74, 6) is -1.17. The summed E-state index contributed by atoms with van der Waals surface area (Å²) in [6.07, 6.45) is 1.16. The molecule has 0 spiro atoms. The minimum atomic E-state index is -1.56. The van der Waals surface area contributed by atoms with Crippen LogP contribution in [0.5, 0.6) is 0 Å². The molecule has 0 radical (unpaired) electrons. The molecular formula is C18H27N3O7. The van der Waals surface area contributed by atoms with Crippen LogP contribution in [0.3, 0.4) is 0 Å². The number of carboxylic acid groups (broad SMARTS) is 1. The van der Waals surface area contributed by atoms with Crippen molar-refractivity contribution >= 4 is 11.9 Å². The van der Waals surface area contributed by atoms with E-state index in [-0.39, 0.29) is 50.6 Å². The predicted octanol–water partition coefficient (Wildman–Crippen LogP) is -0.797. The van der Waals surface area contributed by atoms with Gasteiger partial charge in [0.15, 0.2) is 0 Å². The summed E-state index contributed by atoms with van der Waals surface area (Å²) in [4.78, 5) is 49.8. The van der Waals surface area contributed by atoms with Gasteiger partial charge in [0.05, 0.1) is 12.6 Å². The second-order valence-corrected chi connectivity index (χ2v) is 7.50. The van der Waals surface area contributed by atoms with Crippen molar-refractivity contribution in [3.05, 3.63) is 32.6 Å². The molecule has 1 aliphatic rings. The number of aliphatic hydroxyl groups is 2.